The summed E-state index contributed by atoms with van der Waals surface area (Å²) >= 11 is 1.24. The Morgan fingerprint density at radius 3 is 2.25 bits per heavy atom. The molecule has 0 saturated heterocycles. The molecule has 1 atom stereocenters. The number of nitrogens with one attached hydrogen (secondary N) is 3. The number of carbonyl (C=O) groups is 3. The molecular weight excluding hydrogens is 474 g/mol. The summed E-state index contributed by atoms with van der Waals surface area (Å²) in [4.78, 5) is 38.0. The molecule has 4 N–H and O–H groups in total. The minimum atomic E-state index is -0.745. The van der Waals surface area contributed by atoms with Crippen LogP contribution in [-0.2, 0) is 22.4 Å². The summed E-state index contributed by atoms with van der Waals surface area (Å²) in [6.45, 7) is 0. The summed E-state index contributed by atoms with van der Waals surface area (Å²) in [5.74, 6) is -1.08. The normalized spacial score (nSPS) is 11.6. The average molecular weight is 502 g/mol. The second-order valence-electron chi connectivity index (χ2n) is 8.44. The van der Waals surface area contributed by atoms with Gasteiger partial charge < -0.3 is 10.6 Å². The molecule has 0 aliphatic carbocycles. The minimum absolute atomic E-state index is 0.171. The zero-order chi connectivity index (χ0) is 25.3. The molecule has 4 aromatic rings. The molecule has 0 saturated carbocycles. The van der Waals surface area contributed by atoms with Crippen LogP contribution in [0.4, 0.5) is 5.69 Å². The lowest BCUT2D eigenvalue weighted by molar-refractivity contribution is -0.126. The van der Waals surface area contributed by atoms with Gasteiger partial charge in [0.05, 0.1) is 4.88 Å². The molecule has 0 aliphatic heterocycles. The van der Waals surface area contributed by atoms with Crippen LogP contribution in [0.5, 0.6) is 0 Å². The topological polar surface area (TPSA) is 108 Å². The SMILES string of the molecule is O=C(CCCc1ccccc1)N[C@@H](Cc1ccccc1)C(=O)Nc1ccc2sc(C(=O)NO)cc2c1. The van der Waals surface area contributed by atoms with E-state index < -0.39 is 11.9 Å². The highest BCUT2D eigenvalue weighted by Gasteiger charge is 2.22. The molecule has 0 aliphatic rings. The Kier molecular flexibility index (Phi) is 8.44. The van der Waals surface area contributed by atoms with Crippen LogP contribution in [0.3, 0.4) is 0 Å². The van der Waals surface area contributed by atoms with Crippen LogP contribution in [0.1, 0.15) is 33.6 Å². The number of fused-ring (bicyclic) bond motifs is 1. The Morgan fingerprint density at radius 2 is 1.56 bits per heavy atom. The van der Waals surface area contributed by atoms with Crippen molar-refractivity contribution in [2.24, 2.45) is 0 Å². The second kappa shape index (κ2) is 12.1. The molecule has 4 rings (SSSR count). The Labute approximate surface area is 213 Å². The highest BCUT2D eigenvalue weighted by molar-refractivity contribution is 7.20. The molecule has 0 bridgehead atoms. The quantitative estimate of drug-likeness (QED) is 0.186. The van der Waals surface area contributed by atoms with Crippen molar-refractivity contribution in [1.29, 1.82) is 0 Å². The summed E-state index contributed by atoms with van der Waals surface area (Å²) in [7, 11) is 0. The number of hydroxylamine groups is 1. The molecule has 1 aromatic heterocycles. The summed E-state index contributed by atoms with van der Waals surface area (Å²) in [5, 5.41) is 15.4. The fourth-order valence-electron chi connectivity index (χ4n) is 3.94. The van der Waals surface area contributed by atoms with Crippen molar-refractivity contribution >= 4 is 44.8 Å². The molecule has 0 fully saturated rings. The molecule has 0 unspecified atom stereocenters. The Balaban J connectivity index is 1.43. The molecule has 1 heterocycles. The Morgan fingerprint density at radius 1 is 0.861 bits per heavy atom. The van der Waals surface area contributed by atoms with Crippen molar-refractivity contribution in [1.82, 2.24) is 10.8 Å². The lowest BCUT2D eigenvalue weighted by Gasteiger charge is -2.19. The van der Waals surface area contributed by atoms with Crippen molar-refractivity contribution in [3.8, 4) is 0 Å². The number of benzene rings is 3. The van der Waals surface area contributed by atoms with Crippen molar-refractivity contribution in [2.45, 2.75) is 31.7 Å². The summed E-state index contributed by atoms with van der Waals surface area (Å²) in [5.41, 5.74) is 4.30. The lowest BCUT2D eigenvalue weighted by Crippen LogP contribution is -2.45. The second-order valence-corrected chi connectivity index (χ2v) is 9.53. The van der Waals surface area contributed by atoms with Gasteiger partial charge in [-0.05, 0) is 53.6 Å². The molecule has 3 aromatic carbocycles. The number of carbonyl (C=O) groups excluding carboxylic acids is 3. The predicted octanol–water partition coefficient (Wildman–Crippen LogP) is 4.71. The Hall–Kier alpha value is -4.01. The first kappa shape index (κ1) is 25.1. The first-order valence-corrected chi connectivity index (χ1v) is 12.5. The average Bonchev–Trinajstić information content (AvgIpc) is 3.32. The standard InChI is InChI=1S/C28H27N3O4S/c32-26(13-7-12-19-8-3-1-4-9-19)30-23(16-20-10-5-2-6-11-20)27(33)29-22-14-15-24-21(17-22)18-25(36-24)28(34)31-35/h1-6,8-11,14-15,17-18,23,35H,7,12-13,16H2,(H,29,33)(H,30,32)(H,31,34)/t23-/m0/s1. The fraction of sp³-hybridized carbons (Fsp3) is 0.179. The highest BCUT2D eigenvalue weighted by atomic mass is 32.1. The maximum Gasteiger partial charge on any atom is 0.284 e. The van der Waals surface area contributed by atoms with Gasteiger partial charge in [0.25, 0.3) is 5.91 Å². The number of hydrogen-bond acceptors (Lipinski definition) is 5. The van der Waals surface area contributed by atoms with E-state index in [1.54, 1.807) is 29.7 Å². The van der Waals surface area contributed by atoms with Gasteiger partial charge in [-0.3, -0.25) is 19.6 Å². The minimum Gasteiger partial charge on any atom is -0.344 e. The largest absolute Gasteiger partial charge is 0.344 e. The van der Waals surface area contributed by atoms with Crippen LogP contribution in [0, 0.1) is 0 Å². The number of hydrogen-bond donors (Lipinski definition) is 4. The molecule has 0 spiro atoms. The molecule has 36 heavy (non-hydrogen) atoms. The highest BCUT2D eigenvalue weighted by Crippen LogP contribution is 2.28. The summed E-state index contributed by atoms with van der Waals surface area (Å²) < 4.78 is 0.846. The maximum atomic E-state index is 13.2. The zero-order valence-electron chi connectivity index (χ0n) is 19.6. The number of rotatable bonds is 10. The first-order chi connectivity index (χ1) is 17.5. The van der Waals surface area contributed by atoms with Gasteiger partial charge in [0.15, 0.2) is 0 Å². The molecule has 184 valence electrons. The summed E-state index contributed by atoms with van der Waals surface area (Å²) in [6, 6.07) is 25.8. The molecule has 3 amide bonds. The van der Waals surface area contributed by atoms with Crippen LogP contribution in [0.15, 0.2) is 84.9 Å². The molecular formula is C28H27N3O4S. The van der Waals surface area contributed by atoms with Crippen LogP contribution in [0.25, 0.3) is 10.1 Å². The van der Waals surface area contributed by atoms with Crippen molar-refractivity contribution in [3.63, 3.8) is 0 Å². The van der Waals surface area contributed by atoms with E-state index in [-0.39, 0.29) is 11.8 Å². The van der Waals surface area contributed by atoms with Gasteiger partial charge in [0, 0.05) is 23.2 Å². The van der Waals surface area contributed by atoms with E-state index >= 15 is 0 Å². The van der Waals surface area contributed by atoms with Gasteiger partial charge in [-0.2, -0.15) is 0 Å². The molecule has 7 nitrogen and oxygen atoms in total. The van der Waals surface area contributed by atoms with E-state index in [2.05, 4.69) is 10.6 Å². The Bertz CT molecular complexity index is 1340. The fourth-order valence-corrected chi connectivity index (χ4v) is 4.87. The number of thiophene rings is 1. The van der Waals surface area contributed by atoms with Gasteiger partial charge in [0.2, 0.25) is 11.8 Å². The summed E-state index contributed by atoms with van der Waals surface area (Å²) in [6.07, 6.45) is 2.16. The van der Waals surface area contributed by atoms with Gasteiger partial charge >= 0.3 is 0 Å². The molecule has 0 radical (unpaired) electrons. The van der Waals surface area contributed by atoms with E-state index in [1.807, 2.05) is 60.7 Å². The van der Waals surface area contributed by atoms with E-state index in [0.29, 0.717) is 29.8 Å². The van der Waals surface area contributed by atoms with Gasteiger partial charge in [0.1, 0.15) is 6.04 Å². The number of anilines is 1. The first-order valence-electron chi connectivity index (χ1n) is 11.7. The monoisotopic (exact) mass is 501 g/mol. The van der Waals surface area contributed by atoms with E-state index in [9.17, 15) is 14.4 Å². The predicted molar refractivity (Wildman–Crippen MR) is 141 cm³/mol. The van der Waals surface area contributed by atoms with Gasteiger partial charge in [-0.1, -0.05) is 60.7 Å². The van der Waals surface area contributed by atoms with E-state index in [0.717, 1.165) is 22.1 Å². The van der Waals surface area contributed by atoms with Crippen molar-refractivity contribution in [3.05, 3.63) is 101 Å². The van der Waals surface area contributed by atoms with Crippen LogP contribution in [-0.4, -0.2) is 29.0 Å². The van der Waals surface area contributed by atoms with Gasteiger partial charge in [-0.25, -0.2) is 5.48 Å². The number of amides is 3. The van der Waals surface area contributed by atoms with Crippen LogP contribution < -0.4 is 16.1 Å². The van der Waals surface area contributed by atoms with Crippen molar-refractivity contribution in [2.75, 3.05) is 5.32 Å². The van der Waals surface area contributed by atoms with Gasteiger partial charge in [-0.15, -0.1) is 11.3 Å². The zero-order valence-corrected chi connectivity index (χ0v) is 20.4. The van der Waals surface area contributed by atoms with Crippen molar-refractivity contribution < 1.29 is 19.6 Å². The molecule has 8 heteroatoms. The third-order valence-corrected chi connectivity index (χ3v) is 6.87. The number of aryl methyl sites for hydroxylation is 1. The lowest BCUT2D eigenvalue weighted by atomic mass is 10.0. The maximum absolute atomic E-state index is 13.2. The third kappa shape index (κ3) is 6.78. The van der Waals surface area contributed by atoms with Crippen LogP contribution in [0.2, 0.25) is 0 Å². The van der Waals surface area contributed by atoms with E-state index in [1.165, 1.54) is 16.9 Å². The van der Waals surface area contributed by atoms with E-state index in [4.69, 9.17) is 5.21 Å². The smallest absolute Gasteiger partial charge is 0.284 e. The third-order valence-electron chi connectivity index (χ3n) is 5.76. The van der Waals surface area contributed by atoms with Crippen LogP contribution >= 0.6 is 11.3 Å².